The molecule has 10 nitrogen and oxygen atoms in total. The highest BCUT2D eigenvalue weighted by Crippen LogP contribution is 2.31. The first-order chi connectivity index (χ1) is 14.9. The van der Waals surface area contributed by atoms with Crippen molar-refractivity contribution in [1.29, 1.82) is 0 Å². The van der Waals surface area contributed by atoms with Crippen LogP contribution in [0.4, 0.5) is 10.1 Å². The number of nitrogens with zero attached hydrogens (tertiary/aromatic N) is 1. The molecule has 1 aromatic heterocycles. The number of halogens is 1. The topological polar surface area (TPSA) is 154 Å². The van der Waals surface area contributed by atoms with E-state index in [1.54, 1.807) is 12.3 Å². The number of carbonyl (C=O) groups is 2. The first-order valence-corrected chi connectivity index (χ1v) is 10.5. The van der Waals surface area contributed by atoms with Crippen LogP contribution < -0.4 is 32.2 Å². The van der Waals surface area contributed by atoms with Crippen LogP contribution in [0.25, 0.3) is 0 Å². The van der Waals surface area contributed by atoms with E-state index < -0.39 is 30.3 Å². The Labute approximate surface area is 180 Å². The molecule has 3 rings (SSSR count). The summed E-state index contributed by atoms with van der Waals surface area (Å²) in [4.78, 5) is 28.7. The van der Waals surface area contributed by atoms with E-state index in [1.165, 1.54) is 13.3 Å². The van der Waals surface area contributed by atoms with E-state index in [4.69, 9.17) is 20.9 Å². The summed E-state index contributed by atoms with van der Waals surface area (Å²) in [5.74, 6) is -1.08. The maximum Gasteiger partial charge on any atom is 0.308 e. The summed E-state index contributed by atoms with van der Waals surface area (Å²) in [7, 11) is 1.39. The summed E-state index contributed by atoms with van der Waals surface area (Å²) in [5.41, 5.74) is 12.1. The number of methoxy groups -OCH3 is 1. The molecule has 1 atom stereocenters. The number of aromatic nitrogens is 1. The van der Waals surface area contributed by atoms with Gasteiger partial charge in [0.2, 0.25) is 5.91 Å². The molecule has 0 aromatic carbocycles. The highest BCUT2D eigenvalue weighted by atomic mass is 19.1. The van der Waals surface area contributed by atoms with E-state index >= 15 is 0 Å². The molecule has 1 unspecified atom stereocenters. The quantitative estimate of drug-likeness (QED) is 0.289. The van der Waals surface area contributed by atoms with Gasteiger partial charge in [-0.05, 0) is 25.7 Å². The van der Waals surface area contributed by atoms with Gasteiger partial charge in [-0.25, -0.2) is 4.39 Å². The Morgan fingerprint density at radius 1 is 1.23 bits per heavy atom. The van der Waals surface area contributed by atoms with Gasteiger partial charge in [-0.15, -0.1) is 0 Å². The summed E-state index contributed by atoms with van der Waals surface area (Å²) in [6.45, 7) is 0.230. The summed E-state index contributed by atoms with van der Waals surface area (Å²) in [6.07, 6.45) is 3.19. The molecule has 0 spiro atoms. The number of alkyl halides is 1. The van der Waals surface area contributed by atoms with Crippen molar-refractivity contribution in [2.75, 3.05) is 25.5 Å². The molecule has 172 valence electrons. The number of pyridine rings is 1. The van der Waals surface area contributed by atoms with Crippen LogP contribution in [0.3, 0.4) is 0 Å². The molecule has 11 heteroatoms. The van der Waals surface area contributed by atoms with Crippen molar-refractivity contribution in [3.8, 4) is 5.75 Å². The van der Waals surface area contributed by atoms with Crippen LogP contribution in [-0.4, -0.2) is 61.7 Å². The third-order valence-electron chi connectivity index (χ3n) is 5.74. The molecule has 0 radical (unpaired) electrons. The van der Waals surface area contributed by atoms with Crippen LogP contribution >= 0.6 is 0 Å². The van der Waals surface area contributed by atoms with Crippen molar-refractivity contribution in [2.45, 2.75) is 50.3 Å². The fraction of sp³-hybridized carbons (Fsp3) is 0.650. The number of amides is 1. The molecule has 2 aliphatic rings. The molecule has 1 aliphatic heterocycles. The lowest BCUT2D eigenvalue weighted by molar-refractivity contribution is -0.147. The number of nitrogens with one attached hydrogen (secondary N) is 3. The highest BCUT2D eigenvalue weighted by molar-refractivity contribution is 5.94. The minimum atomic E-state index is -1.04. The molecule has 2 heterocycles. The molecular formula is C20H31FN6O4. The van der Waals surface area contributed by atoms with E-state index in [0.717, 1.165) is 0 Å². The predicted molar refractivity (Wildman–Crippen MR) is 112 cm³/mol. The van der Waals surface area contributed by atoms with E-state index in [2.05, 4.69) is 20.9 Å². The Kier molecular flexibility index (Phi) is 8.13. The summed E-state index contributed by atoms with van der Waals surface area (Å²) in [5, 5.41) is 8.64. The first-order valence-electron chi connectivity index (χ1n) is 10.5. The number of ether oxygens (including phenoxy) is 2. The Hall–Kier alpha value is -2.34. The molecule has 1 aromatic rings. The van der Waals surface area contributed by atoms with Crippen molar-refractivity contribution < 1.29 is 23.5 Å². The molecule has 1 aliphatic carbocycles. The Bertz CT molecular complexity index is 751. The van der Waals surface area contributed by atoms with Crippen LogP contribution in [0.2, 0.25) is 0 Å². The standard InChI is InChI=1S/C20H31FN6O4/c1-30-20(29)11-2-4-13(5-3-11)31-15-6-7-24-10-14(15)27-19(28)16(17(22)23)18-25-8-12(21)9-26-18/h6-7,10-13,16-18,25-26H,2-5,8-9,22-23H2,1H3,(H,27,28)/t11-,12?,13-,16?,18?. The fourth-order valence-electron chi connectivity index (χ4n) is 4.01. The SMILES string of the molecule is COC(=O)[C@H]1CC[C@H](Oc2ccncc2NC(=O)C(C(N)N)C2NCC(F)CN2)CC1. The lowest BCUT2D eigenvalue weighted by Gasteiger charge is -2.34. The van der Waals surface area contributed by atoms with Gasteiger partial charge < -0.3 is 26.3 Å². The molecule has 7 N–H and O–H groups in total. The number of hydrogen-bond acceptors (Lipinski definition) is 9. The van der Waals surface area contributed by atoms with Gasteiger partial charge in [0.1, 0.15) is 17.6 Å². The van der Waals surface area contributed by atoms with Gasteiger partial charge in [0, 0.05) is 25.4 Å². The Morgan fingerprint density at radius 2 is 1.90 bits per heavy atom. The normalized spacial score (nSPS) is 27.4. The number of nitrogens with two attached hydrogens (primary N) is 2. The van der Waals surface area contributed by atoms with Crippen LogP contribution in [0.15, 0.2) is 18.5 Å². The molecule has 1 saturated carbocycles. The van der Waals surface area contributed by atoms with Crippen LogP contribution in [0.1, 0.15) is 25.7 Å². The predicted octanol–water partition coefficient (Wildman–Crippen LogP) is -0.153. The average molecular weight is 439 g/mol. The smallest absolute Gasteiger partial charge is 0.308 e. The Morgan fingerprint density at radius 3 is 2.52 bits per heavy atom. The third kappa shape index (κ3) is 6.10. The second kappa shape index (κ2) is 10.8. The second-order valence-electron chi connectivity index (χ2n) is 7.97. The zero-order valence-electron chi connectivity index (χ0n) is 17.6. The second-order valence-corrected chi connectivity index (χ2v) is 7.97. The van der Waals surface area contributed by atoms with E-state index in [9.17, 15) is 14.0 Å². The summed E-state index contributed by atoms with van der Waals surface area (Å²) < 4.78 is 24.3. The molecule has 1 amide bonds. The highest BCUT2D eigenvalue weighted by Gasteiger charge is 2.35. The van der Waals surface area contributed by atoms with Gasteiger partial charge in [0.25, 0.3) is 0 Å². The van der Waals surface area contributed by atoms with E-state index in [-0.39, 0.29) is 31.1 Å². The summed E-state index contributed by atoms with van der Waals surface area (Å²) in [6, 6.07) is 1.67. The van der Waals surface area contributed by atoms with Crippen LogP contribution in [0.5, 0.6) is 5.75 Å². The zero-order valence-corrected chi connectivity index (χ0v) is 17.6. The zero-order chi connectivity index (χ0) is 22.4. The number of rotatable bonds is 7. The van der Waals surface area contributed by atoms with Gasteiger partial charge in [-0.3, -0.25) is 25.2 Å². The van der Waals surface area contributed by atoms with Gasteiger partial charge in [0.05, 0.1) is 43.6 Å². The number of hydrogen-bond donors (Lipinski definition) is 5. The van der Waals surface area contributed by atoms with Crippen molar-refractivity contribution in [1.82, 2.24) is 15.6 Å². The largest absolute Gasteiger partial charge is 0.488 e. The average Bonchev–Trinajstić information content (AvgIpc) is 2.76. The first kappa shape index (κ1) is 23.3. The number of carbonyl (C=O) groups excluding carboxylic acids is 2. The Balaban J connectivity index is 1.63. The molecule has 31 heavy (non-hydrogen) atoms. The van der Waals surface area contributed by atoms with Gasteiger partial charge in [-0.1, -0.05) is 0 Å². The molecule has 1 saturated heterocycles. The maximum atomic E-state index is 13.4. The number of anilines is 1. The van der Waals surface area contributed by atoms with Crippen LogP contribution in [0, 0.1) is 11.8 Å². The lowest BCUT2D eigenvalue weighted by Crippen LogP contribution is -2.64. The van der Waals surface area contributed by atoms with Crippen LogP contribution in [-0.2, 0) is 14.3 Å². The van der Waals surface area contributed by atoms with E-state index in [1.807, 2.05) is 0 Å². The lowest BCUT2D eigenvalue weighted by atomic mass is 9.87. The van der Waals surface area contributed by atoms with Gasteiger partial charge in [0.15, 0.2) is 0 Å². The maximum absolute atomic E-state index is 13.4. The fourth-order valence-corrected chi connectivity index (χ4v) is 4.01. The minimum Gasteiger partial charge on any atom is -0.488 e. The van der Waals surface area contributed by atoms with E-state index in [0.29, 0.717) is 37.1 Å². The minimum absolute atomic E-state index is 0.0883. The van der Waals surface area contributed by atoms with Crippen molar-refractivity contribution in [3.05, 3.63) is 18.5 Å². The van der Waals surface area contributed by atoms with Crippen molar-refractivity contribution in [2.24, 2.45) is 23.3 Å². The van der Waals surface area contributed by atoms with Gasteiger partial charge in [-0.2, -0.15) is 0 Å². The molecular weight excluding hydrogens is 407 g/mol. The van der Waals surface area contributed by atoms with Gasteiger partial charge >= 0.3 is 5.97 Å². The summed E-state index contributed by atoms with van der Waals surface area (Å²) >= 11 is 0. The number of esters is 1. The van der Waals surface area contributed by atoms with Crippen molar-refractivity contribution in [3.63, 3.8) is 0 Å². The van der Waals surface area contributed by atoms with Crippen molar-refractivity contribution >= 4 is 17.6 Å². The third-order valence-corrected chi connectivity index (χ3v) is 5.74. The molecule has 0 bridgehead atoms. The molecule has 2 fully saturated rings. The monoisotopic (exact) mass is 438 g/mol.